The van der Waals surface area contributed by atoms with Crippen molar-refractivity contribution in [1.29, 1.82) is 0 Å². The predicted molar refractivity (Wildman–Crippen MR) is 100 cm³/mol. The summed E-state index contributed by atoms with van der Waals surface area (Å²) >= 11 is 0. The van der Waals surface area contributed by atoms with E-state index in [0.717, 1.165) is 31.4 Å². The summed E-state index contributed by atoms with van der Waals surface area (Å²) in [6.45, 7) is 2.12. The van der Waals surface area contributed by atoms with Crippen LogP contribution in [0.4, 0.5) is 5.69 Å². The molecule has 2 aromatic carbocycles. The van der Waals surface area contributed by atoms with Crippen LogP contribution in [0.15, 0.2) is 48.5 Å². The Kier molecular flexibility index (Phi) is 5.68. The molecule has 1 N–H and O–H groups in total. The summed E-state index contributed by atoms with van der Waals surface area (Å²) in [7, 11) is 0. The van der Waals surface area contributed by atoms with Gasteiger partial charge in [-0.2, -0.15) is 0 Å². The minimum atomic E-state index is 0.196. The van der Waals surface area contributed by atoms with E-state index >= 15 is 0 Å². The van der Waals surface area contributed by atoms with Gasteiger partial charge in [0.05, 0.1) is 0 Å². The minimum absolute atomic E-state index is 0.196. The second-order valence-electron chi connectivity index (χ2n) is 7.01. The van der Waals surface area contributed by atoms with Crippen LogP contribution >= 0.6 is 0 Å². The van der Waals surface area contributed by atoms with Crippen molar-refractivity contribution in [1.82, 2.24) is 0 Å². The number of aryl methyl sites for hydroxylation is 3. The van der Waals surface area contributed by atoms with E-state index in [0.29, 0.717) is 0 Å². The van der Waals surface area contributed by atoms with E-state index in [-0.39, 0.29) is 11.8 Å². The fourth-order valence-electron chi connectivity index (χ4n) is 3.41. The quantitative estimate of drug-likeness (QED) is 0.795. The molecule has 0 spiro atoms. The molecular weight excluding hydrogens is 294 g/mol. The highest BCUT2D eigenvalue weighted by molar-refractivity contribution is 5.92. The van der Waals surface area contributed by atoms with Gasteiger partial charge >= 0.3 is 0 Å². The first-order valence-corrected chi connectivity index (χ1v) is 9.16. The fourth-order valence-corrected chi connectivity index (χ4v) is 3.41. The van der Waals surface area contributed by atoms with Crippen molar-refractivity contribution in [2.75, 3.05) is 5.32 Å². The Labute approximate surface area is 145 Å². The Morgan fingerprint density at radius 2 is 1.42 bits per heavy atom. The number of rotatable bonds is 5. The third kappa shape index (κ3) is 4.70. The number of hydrogen-bond acceptors (Lipinski definition) is 1. The maximum absolute atomic E-state index is 12.3. The molecule has 1 aliphatic rings. The van der Waals surface area contributed by atoms with E-state index in [2.05, 4.69) is 48.6 Å². The fraction of sp³-hybridized carbons (Fsp3) is 0.409. The zero-order chi connectivity index (χ0) is 16.8. The Morgan fingerprint density at radius 3 is 2.00 bits per heavy atom. The average Bonchev–Trinajstić information content (AvgIpc) is 2.63. The molecule has 24 heavy (non-hydrogen) atoms. The van der Waals surface area contributed by atoms with Crippen LogP contribution in [0.5, 0.6) is 0 Å². The van der Waals surface area contributed by atoms with Crippen molar-refractivity contribution in [3.8, 4) is 0 Å². The summed E-state index contributed by atoms with van der Waals surface area (Å²) in [6.07, 6.45) is 7.82. The molecule has 1 saturated carbocycles. The van der Waals surface area contributed by atoms with E-state index in [1.165, 1.54) is 36.0 Å². The Balaban J connectivity index is 1.51. The average molecular weight is 321 g/mol. The molecule has 0 bridgehead atoms. The molecule has 0 aliphatic heterocycles. The molecule has 1 fully saturated rings. The molecule has 0 radical (unpaired) electrons. The van der Waals surface area contributed by atoms with Gasteiger partial charge in [-0.05, 0) is 55.9 Å². The molecule has 0 saturated heterocycles. The van der Waals surface area contributed by atoms with Crippen LogP contribution in [0.25, 0.3) is 0 Å². The Hall–Kier alpha value is -2.09. The third-order valence-electron chi connectivity index (χ3n) is 5.02. The first kappa shape index (κ1) is 16.8. The summed E-state index contributed by atoms with van der Waals surface area (Å²) < 4.78 is 0. The van der Waals surface area contributed by atoms with Crippen LogP contribution in [0.1, 0.15) is 48.8 Å². The van der Waals surface area contributed by atoms with Gasteiger partial charge in [-0.25, -0.2) is 0 Å². The van der Waals surface area contributed by atoms with Crippen molar-refractivity contribution in [2.24, 2.45) is 5.92 Å². The van der Waals surface area contributed by atoms with Gasteiger partial charge < -0.3 is 5.32 Å². The standard InChI is InChI=1S/C22H27NO/c1-17-7-9-18(10-8-17)11-12-19-13-15-21(16-14-19)23-22(24)20-5-3-2-4-6-20/h7-10,13-16,20H,2-6,11-12H2,1H3,(H,23,24). The van der Waals surface area contributed by atoms with Crippen LogP contribution < -0.4 is 5.32 Å². The van der Waals surface area contributed by atoms with Crippen molar-refractivity contribution < 1.29 is 4.79 Å². The summed E-state index contributed by atoms with van der Waals surface area (Å²) in [4.78, 5) is 12.3. The molecule has 0 aromatic heterocycles. The number of nitrogens with one attached hydrogen (secondary N) is 1. The predicted octanol–water partition coefficient (Wildman–Crippen LogP) is 5.30. The van der Waals surface area contributed by atoms with Crippen molar-refractivity contribution in [3.05, 3.63) is 65.2 Å². The second kappa shape index (κ2) is 8.14. The molecule has 0 atom stereocenters. The maximum atomic E-state index is 12.3. The van der Waals surface area contributed by atoms with E-state index < -0.39 is 0 Å². The number of carbonyl (C=O) groups excluding carboxylic acids is 1. The summed E-state index contributed by atoms with van der Waals surface area (Å²) in [6, 6.07) is 17.1. The van der Waals surface area contributed by atoms with Crippen LogP contribution in [0, 0.1) is 12.8 Å². The highest BCUT2D eigenvalue weighted by Crippen LogP contribution is 2.25. The highest BCUT2D eigenvalue weighted by atomic mass is 16.1. The number of hydrogen-bond donors (Lipinski definition) is 1. The zero-order valence-electron chi connectivity index (χ0n) is 14.6. The first-order valence-electron chi connectivity index (χ1n) is 9.16. The van der Waals surface area contributed by atoms with Gasteiger partial charge in [0, 0.05) is 11.6 Å². The van der Waals surface area contributed by atoms with Crippen LogP contribution in [0.3, 0.4) is 0 Å². The zero-order valence-corrected chi connectivity index (χ0v) is 14.6. The largest absolute Gasteiger partial charge is 0.326 e. The Morgan fingerprint density at radius 1 is 0.875 bits per heavy atom. The molecule has 2 heteroatoms. The highest BCUT2D eigenvalue weighted by Gasteiger charge is 2.20. The maximum Gasteiger partial charge on any atom is 0.227 e. The van der Waals surface area contributed by atoms with E-state index in [1.54, 1.807) is 0 Å². The lowest BCUT2D eigenvalue weighted by molar-refractivity contribution is -0.120. The van der Waals surface area contributed by atoms with Crippen LogP contribution in [-0.2, 0) is 17.6 Å². The topological polar surface area (TPSA) is 29.1 Å². The lowest BCUT2D eigenvalue weighted by Gasteiger charge is -2.20. The smallest absolute Gasteiger partial charge is 0.227 e. The molecule has 0 unspecified atom stereocenters. The molecule has 1 amide bonds. The third-order valence-corrected chi connectivity index (χ3v) is 5.02. The SMILES string of the molecule is Cc1ccc(CCc2ccc(NC(=O)C3CCCCC3)cc2)cc1. The van der Waals surface area contributed by atoms with Gasteiger partial charge in [-0.15, -0.1) is 0 Å². The second-order valence-corrected chi connectivity index (χ2v) is 7.01. The number of carbonyl (C=O) groups is 1. The molecule has 2 nitrogen and oxygen atoms in total. The Bertz CT molecular complexity index is 651. The van der Waals surface area contributed by atoms with Crippen LogP contribution in [0.2, 0.25) is 0 Å². The van der Waals surface area contributed by atoms with Crippen molar-refractivity contribution in [3.63, 3.8) is 0 Å². The molecule has 3 rings (SSSR count). The van der Waals surface area contributed by atoms with Gasteiger partial charge in [0.15, 0.2) is 0 Å². The molecular formula is C22H27NO. The van der Waals surface area contributed by atoms with Gasteiger partial charge in [0.1, 0.15) is 0 Å². The first-order chi connectivity index (χ1) is 11.7. The molecule has 0 heterocycles. The number of amides is 1. The normalized spacial score (nSPS) is 15.2. The lowest BCUT2D eigenvalue weighted by Crippen LogP contribution is -2.24. The van der Waals surface area contributed by atoms with Gasteiger partial charge in [-0.1, -0.05) is 61.2 Å². The summed E-state index contributed by atoms with van der Waals surface area (Å²) in [5.41, 5.74) is 4.91. The van der Waals surface area contributed by atoms with E-state index in [4.69, 9.17) is 0 Å². The van der Waals surface area contributed by atoms with Crippen LogP contribution in [-0.4, -0.2) is 5.91 Å². The summed E-state index contributed by atoms with van der Waals surface area (Å²) in [5.74, 6) is 0.405. The lowest BCUT2D eigenvalue weighted by atomic mass is 9.88. The molecule has 1 aliphatic carbocycles. The van der Waals surface area contributed by atoms with Gasteiger partial charge in [0.2, 0.25) is 5.91 Å². The number of anilines is 1. The van der Waals surface area contributed by atoms with E-state index in [9.17, 15) is 4.79 Å². The molecule has 126 valence electrons. The van der Waals surface area contributed by atoms with Crippen molar-refractivity contribution >= 4 is 11.6 Å². The minimum Gasteiger partial charge on any atom is -0.326 e. The van der Waals surface area contributed by atoms with E-state index in [1.807, 2.05) is 12.1 Å². The van der Waals surface area contributed by atoms with Gasteiger partial charge in [0.25, 0.3) is 0 Å². The number of benzene rings is 2. The van der Waals surface area contributed by atoms with Gasteiger partial charge in [-0.3, -0.25) is 4.79 Å². The summed E-state index contributed by atoms with van der Waals surface area (Å²) in [5, 5.41) is 3.08. The monoisotopic (exact) mass is 321 g/mol. The molecule has 2 aromatic rings. The van der Waals surface area contributed by atoms with Crippen molar-refractivity contribution in [2.45, 2.75) is 51.9 Å².